The fourth-order valence-corrected chi connectivity index (χ4v) is 1.70. The van der Waals surface area contributed by atoms with E-state index in [2.05, 4.69) is 19.9 Å². The van der Waals surface area contributed by atoms with Crippen LogP contribution in [-0.2, 0) is 9.47 Å². The van der Waals surface area contributed by atoms with Crippen LogP contribution in [0.5, 0.6) is 5.75 Å². The summed E-state index contributed by atoms with van der Waals surface area (Å²) in [5.74, 6) is 0.868. The van der Waals surface area contributed by atoms with Gasteiger partial charge in [-0.2, -0.15) is 0 Å². The minimum absolute atomic E-state index is 0.286. The van der Waals surface area contributed by atoms with Crippen molar-refractivity contribution in [1.82, 2.24) is 0 Å². The molecule has 0 atom stereocenters. The van der Waals surface area contributed by atoms with Gasteiger partial charge in [-0.1, -0.05) is 6.07 Å². The highest BCUT2D eigenvalue weighted by Crippen LogP contribution is 2.16. The molecule has 0 aliphatic heterocycles. The molecule has 0 unspecified atom stereocenters. The summed E-state index contributed by atoms with van der Waals surface area (Å²) in [6.45, 7) is 9.68. The summed E-state index contributed by atoms with van der Waals surface area (Å²) in [6, 6.07) is 6.15. The lowest BCUT2D eigenvalue weighted by molar-refractivity contribution is -0.152. The molecule has 0 aliphatic carbocycles. The molecule has 1 rings (SSSR count). The first-order valence-corrected chi connectivity index (χ1v) is 6.10. The second kappa shape index (κ2) is 7.30. The minimum atomic E-state index is -0.286. The van der Waals surface area contributed by atoms with Gasteiger partial charge in [-0.3, -0.25) is 0 Å². The van der Waals surface area contributed by atoms with Crippen LogP contribution < -0.4 is 4.74 Å². The van der Waals surface area contributed by atoms with Crippen molar-refractivity contribution in [3.63, 3.8) is 0 Å². The molecule has 17 heavy (non-hydrogen) atoms. The molecule has 0 N–H and O–H groups in total. The monoisotopic (exact) mass is 238 g/mol. The molecule has 1 aromatic carbocycles. The van der Waals surface area contributed by atoms with Gasteiger partial charge < -0.3 is 14.2 Å². The third-order valence-corrected chi connectivity index (χ3v) is 2.29. The first kappa shape index (κ1) is 14.0. The summed E-state index contributed by atoms with van der Waals surface area (Å²) < 4.78 is 16.5. The summed E-state index contributed by atoms with van der Waals surface area (Å²) >= 11 is 0. The molecule has 0 saturated heterocycles. The van der Waals surface area contributed by atoms with Crippen LogP contribution >= 0.6 is 0 Å². The second-order valence-electron chi connectivity index (χ2n) is 3.97. The molecule has 1 aromatic rings. The molecule has 3 nitrogen and oxygen atoms in total. The van der Waals surface area contributed by atoms with E-state index >= 15 is 0 Å². The van der Waals surface area contributed by atoms with E-state index in [9.17, 15) is 0 Å². The van der Waals surface area contributed by atoms with Gasteiger partial charge in [0.15, 0.2) is 6.29 Å². The van der Waals surface area contributed by atoms with Gasteiger partial charge in [0.25, 0.3) is 0 Å². The fraction of sp³-hybridized carbons (Fsp3) is 0.571. The Morgan fingerprint density at radius 1 is 0.941 bits per heavy atom. The predicted molar refractivity (Wildman–Crippen MR) is 68.5 cm³/mol. The first-order valence-electron chi connectivity index (χ1n) is 6.10. The van der Waals surface area contributed by atoms with E-state index in [1.54, 1.807) is 0 Å². The molecule has 0 bridgehead atoms. The van der Waals surface area contributed by atoms with Crippen LogP contribution in [-0.4, -0.2) is 26.1 Å². The van der Waals surface area contributed by atoms with Gasteiger partial charge in [-0.05, 0) is 51.0 Å². The number of rotatable bonds is 7. The molecule has 96 valence electrons. The normalized spacial score (nSPS) is 10.9. The van der Waals surface area contributed by atoms with Gasteiger partial charge in [-0.25, -0.2) is 0 Å². The third kappa shape index (κ3) is 5.20. The minimum Gasteiger partial charge on any atom is -0.488 e. The summed E-state index contributed by atoms with van der Waals surface area (Å²) in [5, 5.41) is 0. The summed E-state index contributed by atoms with van der Waals surface area (Å²) in [4.78, 5) is 0. The standard InChI is InChI=1S/C14H22O3/c1-5-15-14(16-6-2)10-17-13-8-11(3)7-12(4)9-13/h7-9,14H,5-6,10H2,1-4H3. The Bertz CT molecular complexity index is 310. The lowest BCUT2D eigenvalue weighted by Gasteiger charge is -2.17. The Balaban J connectivity index is 2.52. The van der Waals surface area contributed by atoms with Crippen molar-refractivity contribution in [2.24, 2.45) is 0 Å². The van der Waals surface area contributed by atoms with Gasteiger partial charge in [0.05, 0.1) is 0 Å². The van der Waals surface area contributed by atoms with Crippen LogP contribution in [0, 0.1) is 13.8 Å². The van der Waals surface area contributed by atoms with Crippen molar-refractivity contribution in [2.75, 3.05) is 19.8 Å². The smallest absolute Gasteiger partial charge is 0.191 e. The van der Waals surface area contributed by atoms with Crippen molar-refractivity contribution < 1.29 is 14.2 Å². The summed E-state index contributed by atoms with van der Waals surface area (Å²) in [6.07, 6.45) is -0.286. The quantitative estimate of drug-likeness (QED) is 0.683. The van der Waals surface area contributed by atoms with Crippen LogP contribution in [0.4, 0.5) is 0 Å². The van der Waals surface area contributed by atoms with Gasteiger partial charge in [0.2, 0.25) is 0 Å². The van der Waals surface area contributed by atoms with E-state index in [0.717, 1.165) is 5.75 Å². The molecule has 0 heterocycles. The third-order valence-electron chi connectivity index (χ3n) is 2.29. The average molecular weight is 238 g/mol. The number of hydrogen-bond acceptors (Lipinski definition) is 3. The van der Waals surface area contributed by atoms with Crippen LogP contribution in [0.2, 0.25) is 0 Å². The number of benzene rings is 1. The van der Waals surface area contributed by atoms with E-state index in [4.69, 9.17) is 14.2 Å². The summed E-state index contributed by atoms with van der Waals surface area (Å²) in [5.41, 5.74) is 2.40. The van der Waals surface area contributed by atoms with Crippen LogP contribution in [0.3, 0.4) is 0 Å². The second-order valence-corrected chi connectivity index (χ2v) is 3.97. The molecule has 3 heteroatoms. The van der Waals surface area contributed by atoms with E-state index in [1.807, 2.05) is 26.0 Å². The molecule has 0 fully saturated rings. The topological polar surface area (TPSA) is 27.7 Å². The molecule has 0 aliphatic rings. The number of ether oxygens (including phenoxy) is 3. The highest BCUT2D eigenvalue weighted by Gasteiger charge is 2.08. The van der Waals surface area contributed by atoms with Crippen molar-refractivity contribution in [3.05, 3.63) is 29.3 Å². The van der Waals surface area contributed by atoms with E-state index in [-0.39, 0.29) is 6.29 Å². The number of aryl methyl sites for hydroxylation is 2. The Morgan fingerprint density at radius 3 is 1.94 bits per heavy atom. The fourth-order valence-electron chi connectivity index (χ4n) is 1.70. The van der Waals surface area contributed by atoms with Crippen LogP contribution in [0.1, 0.15) is 25.0 Å². The lowest BCUT2D eigenvalue weighted by atomic mass is 10.1. The molecular formula is C14H22O3. The van der Waals surface area contributed by atoms with Crippen molar-refractivity contribution in [1.29, 1.82) is 0 Å². The Morgan fingerprint density at radius 2 is 1.47 bits per heavy atom. The maximum Gasteiger partial charge on any atom is 0.191 e. The maximum atomic E-state index is 5.68. The predicted octanol–water partition coefficient (Wildman–Crippen LogP) is 3.08. The zero-order valence-corrected chi connectivity index (χ0v) is 11.2. The van der Waals surface area contributed by atoms with Gasteiger partial charge >= 0.3 is 0 Å². The molecule has 0 saturated carbocycles. The van der Waals surface area contributed by atoms with Crippen LogP contribution in [0.25, 0.3) is 0 Å². The molecule has 0 aromatic heterocycles. The average Bonchev–Trinajstić information content (AvgIpc) is 2.25. The van der Waals surface area contributed by atoms with Crippen molar-refractivity contribution >= 4 is 0 Å². The van der Waals surface area contributed by atoms with Gasteiger partial charge in [0, 0.05) is 13.2 Å². The number of hydrogen-bond donors (Lipinski definition) is 0. The Kier molecular flexibility index (Phi) is 6.01. The van der Waals surface area contributed by atoms with E-state index in [1.165, 1.54) is 11.1 Å². The van der Waals surface area contributed by atoms with Gasteiger partial charge in [0.1, 0.15) is 12.4 Å². The molecular weight excluding hydrogens is 216 g/mol. The lowest BCUT2D eigenvalue weighted by Crippen LogP contribution is -2.25. The maximum absolute atomic E-state index is 5.68. The first-order chi connectivity index (χ1) is 8.15. The Labute approximate surface area is 104 Å². The molecule has 0 radical (unpaired) electrons. The van der Waals surface area contributed by atoms with E-state index < -0.39 is 0 Å². The molecule has 0 spiro atoms. The highest BCUT2D eigenvalue weighted by atomic mass is 16.7. The van der Waals surface area contributed by atoms with Crippen LogP contribution in [0.15, 0.2) is 18.2 Å². The van der Waals surface area contributed by atoms with Crippen molar-refractivity contribution in [3.8, 4) is 5.75 Å². The van der Waals surface area contributed by atoms with E-state index in [0.29, 0.717) is 19.8 Å². The largest absolute Gasteiger partial charge is 0.488 e. The van der Waals surface area contributed by atoms with Crippen molar-refractivity contribution in [2.45, 2.75) is 34.0 Å². The summed E-state index contributed by atoms with van der Waals surface area (Å²) in [7, 11) is 0. The van der Waals surface area contributed by atoms with Gasteiger partial charge in [-0.15, -0.1) is 0 Å². The zero-order chi connectivity index (χ0) is 12.7. The highest BCUT2D eigenvalue weighted by molar-refractivity contribution is 5.32. The SMILES string of the molecule is CCOC(COc1cc(C)cc(C)c1)OCC. The zero-order valence-electron chi connectivity index (χ0n) is 11.2. The molecule has 0 amide bonds. The Hall–Kier alpha value is -1.06.